The summed E-state index contributed by atoms with van der Waals surface area (Å²) in [5.41, 5.74) is 2.22. The smallest absolute Gasteiger partial charge is 0.119 e. The molecule has 1 aromatic carbocycles. The average Bonchev–Trinajstić information content (AvgIpc) is 2.06. The lowest BCUT2D eigenvalue weighted by Gasteiger charge is -2.02. The third-order valence-electron chi connectivity index (χ3n) is 1.77. The number of aromatic hydroxyl groups is 1. The minimum absolute atomic E-state index is 0.362. The highest BCUT2D eigenvalue weighted by molar-refractivity contribution is 9.10. The minimum atomic E-state index is 0.362. The molecule has 0 atom stereocenters. The van der Waals surface area contributed by atoms with Crippen molar-refractivity contribution < 1.29 is 5.11 Å². The van der Waals surface area contributed by atoms with Crippen LogP contribution < -0.4 is 0 Å². The maximum atomic E-state index is 9.50. The van der Waals surface area contributed by atoms with E-state index in [1.807, 2.05) is 12.1 Å². The molecule has 1 N–H and O–H groups in total. The van der Waals surface area contributed by atoms with Crippen molar-refractivity contribution in [2.24, 2.45) is 0 Å². The summed E-state index contributed by atoms with van der Waals surface area (Å²) < 4.78 is 1.00. The number of allylic oxidation sites excluding steroid dienone is 2. The maximum Gasteiger partial charge on any atom is 0.119 e. The van der Waals surface area contributed by atoms with Crippen LogP contribution in [0.25, 0.3) is 0 Å². The lowest BCUT2D eigenvalue weighted by Crippen LogP contribution is -1.83. The first-order chi connectivity index (χ1) is 6.09. The Kier molecular flexibility index (Phi) is 3.55. The molecule has 1 nitrogen and oxygen atoms in total. The largest absolute Gasteiger partial charge is 0.508 e. The van der Waals surface area contributed by atoms with Crippen LogP contribution >= 0.6 is 15.9 Å². The number of hydrogen-bond acceptors (Lipinski definition) is 1. The van der Waals surface area contributed by atoms with Crippen LogP contribution in [0, 0.1) is 0 Å². The van der Waals surface area contributed by atoms with Crippen molar-refractivity contribution in [2.45, 2.75) is 20.3 Å². The zero-order valence-electron chi connectivity index (χ0n) is 7.84. The number of benzene rings is 1. The van der Waals surface area contributed by atoms with Gasteiger partial charge in [0.15, 0.2) is 0 Å². The lowest BCUT2D eigenvalue weighted by atomic mass is 10.1. The number of rotatable bonds is 2. The molecule has 1 aromatic rings. The highest BCUT2D eigenvalue weighted by Gasteiger charge is 1.99. The number of hydrogen-bond donors (Lipinski definition) is 1. The molecular formula is C11H13BrO. The van der Waals surface area contributed by atoms with E-state index in [0.29, 0.717) is 5.75 Å². The summed E-state index contributed by atoms with van der Waals surface area (Å²) >= 11 is 3.37. The monoisotopic (exact) mass is 240 g/mol. The van der Waals surface area contributed by atoms with E-state index in [1.165, 1.54) is 5.57 Å². The van der Waals surface area contributed by atoms with Gasteiger partial charge >= 0.3 is 0 Å². The maximum absolute atomic E-state index is 9.50. The van der Waals surface area contributed by atoms with Crippen molar-refractivity contribution in [1.82, 2.24) is 0 Å². The van der Waals surface area contributed by atoms with Gasteiger partial charge in [-0.1, -0.05) is 27.6 Å². The third-order valence-corrected chi connectivity index (χ3v) is 2.27. The fraction of sp³-hybridized carbons (Fsp3) is 0.273. The van der Waals surface area contributed by atoms with Gasteiger partial charge in [-0.3, -0.25) is 0 Å². The molecule has 1 rings (SSSR count). The van der Waals surface area contributed by atoms with Crippen molar-refractivity contribution in [3.63, 3.8) is 0 Å². The first kappa shape index (κ1) is 10.3. The Balaban J connectivity index is 2.87. The molecule has 13 heavy (non-hydrogen) atoms. The summed E-state index contributed by atoms with van der Waals surface area (Å²) in [4.78, 5) is 0. The Morgan fingerprint density at radius 1 is 1.46 bits per heavy atom. The quantitative estimate of drug-likeness (QED) is 0.783. The zero-order valence-corrected chi connectivity index (χ0v) is 9.43. The second-order valence-corrected chi connectivity index (χ2v) is 4.17. The van der Waals surface area contributed by atoms with Gasteiger partial charge in [0, 0.05) is 4.47 Å². The molecule has 0 aliphatic rings. The van der Waals surface area contributed by atoms with Crippen LogP contribution in [-0.4, -0.2) is 5.11 Å². The van der Waals surface area contributed by atoms with E-state index in [9.17, 15) is 5.11 Å². The van der Waals surface area contributed by atoms with Crippen LogP contribution in [0.1, 0.15) is 19.4 Å². The molecule has 0 fully saturated rings. The molecule has 0 radical (unpaired) electrons. The van der Waals surface area contributed by atoms with E-state index < -0.39 is 0 Å². The summed E-state index contributed by atoms with van der Waals surface area (Å²) in [6.07, 6.45) is 2.88. The van der Waals surface area contributed by atoms with Gasteiger partial charge in [0.25, 0.3) is 0 Å². The third kappa shape index (κ3) is 3.23. The molecule has 0 spiro atoms. The van der Waals surface area contributed by atoms with Gasteiger partial charge in [-0.25, -0.2) is 0 Å². The fourth-order valence-corrected chi connectivity index (χ4v) is 1.44. The van der Waals surface area contributed by atoms with Gasteiger partial charge in [0.2, 0.25) is 0 Å². The van der Waals surface area contributed by atoms with E-state index in [0.717, 1.165) is 16.5 Å². The lowest BCUT2D eigenvalue weighted by molar-refractivity contribution is 0.469. The first-order valence-corrected chi connectivity index (χ1v) is 4.99. The van der Waals surface area contributed by atoms with Crippen molar-refractivity contribution in [2.75, 3.05) is 0 Å². The summed E-state index contributed by atoms with van der Waals surface area (Å²) in [7, 11) is 0. The van der Waals surface area contributed by atoms with Crippen LogP contribution in [0.2, 0.25) is 0 Å². The highest BCUT2D eigenvalue weighted by atomic mass is 79.9. The molecule has 2 heteroatoms. The van der Waals surface area contributed by atoms with Gasteiger partial charge in [-0.15, -0.1) is 0 Å². The summed E-state index contributed by atoms with van der Waals surface area (Å²) in [6, 6.07) is 5.48. The average molecular weight is 241 g/mol. The summed E-state index contributed by atoms with van der Waals surface area (Å²) in [6.45, 7) is 4.10. The van der Waals surface area contributed by atoms with Crippen molar-refractivity contribution in [3.05, 3.63) is 39.9 Å². The van der Waals surface area contributed by atoms with Crippen molar-refractivity contribution in [1.29, 1.82) is 0 Å². The SMILES string of the molecule is CC(C)=CCc1cc(Br)ccc1O. The molecule has 0 saturated carbocycles. The molecule has 0 bridgehead atoms. The zero-order chi connectivity index (χ0) is 9.84. The van der Waals surface area contributed by atoms with Gasteiger partial charge in [0.1, 0.15) is 5.75 Å². The molecule has 0 aliphatic carbocycles. The van der Waals surface area contributed by atoms with E-state index in [1.54, 1.807) is 6.07 Å². The van der Waals surface area contributed by atoms with E-state index in [-0.39, 0.29) is 0 Å². The van der Waals surface area contributed by atoms with Gasteiger partial charge in [-0.05, 0) is 44.0 Å². The van der Waals surface area contributed by atoms with Crippen LogP contribution in [0.4, 0.5) is 0 Å². The van der Waals surface area contributed by atoms with E-state index in [2.05, 4.69) is 35.9 Å². The molecule has 0 amide bonds. The van der Waals surface area contributed by atoms with Gasteiger partial charge in [0.05, 0.1) is 0 Å². The molecule has 0 unspecified atom stereocenters. The fourth-order valence-electron chi connectivity index (χ4n) is 1.03. The van der Waals surface area contributed by atoms with Crippen LogP contribution in [-0.2, 0) is 6.42 Å². The van der Waals surface area contributed by atoms with Crippen molar-refractivity contribution >= 4 is 15.9 Å². The number of halogens is 1. The second kappa shape index (κ2) is 4.47. The summed E-state index contributed by atoms with van der Waals surface area (Å²) in [5, 5.41) is 9.50. The van der Waals surface area contributed by atoms with E-state index in [4.69, 9.17) is 0 Å². The predicted octanol–water partition coefficient (Wildman–Crippen LogP) is 3.66. The Morgan fingerprint density at radius 2 is 2.15 bits per heavy atom. The Labute approximate surface area is 87.2 Å². The Bertz CT molecular complexity index is 325. The van der Waals surface area contributed by atoms with Crippen molar-refractivity contribution in [3.8, 4) is 5.75 Å². The molecular weight excluding hydrogens is 228 g/mol. The molecule has 70 valence electrons. The highest BCUT2D eigenvalue weighted by Crippen LogP contribution is 2.22. The first-order valence-electron chi connectivity index (χ1n) is 4.20. The standard InChI is InChI=1S/C11H13BrO/c1-8(2)3-4-9-7-10(12)5-6-11(9)13/h3,5-7,13H,4H2,1-2H3. The van der Waals surface area contributed by atoms with Crippen LogP contribution in [0.5, 0.6) is 5.75 Å². The van der Waals surface area contributed by atoms with Gasteiger partial charge in [-0.2, -0.15) is 0 Å². The minimum Gasteiger partial charge on any atom is -0.508 e. The second-order valence-electron chi connectivity index (χ2n) is 3.26. The van der Waals surface area contributed by atoms with Crippen LogP contribution in [0.3, 0.4) is 0 Å². The normalized spacial score (nSPS) is 9.77. The molecule has 0 aromatic heterocycles. The number of phenols is 1. The molecule has 0 aliphatic heterocycles. The Hall–Kier alpha value is -0.760. The molecule has 0 heterocycles. The summed E-state index contributed by atoms with van der Waals surface area (Å²) in [5.74, 6) is 0.362. The molecule has 0 saturated heterocycles. The van der Waals surface area contributed by atoms with Gasteiger partial charge < -0.3 is 5.11 Å². The Morgan fingerprint density at radius 3 is 2.77 bits per heavy atom. The van der Waals surface area contributed by atoms with E-state index >= 15 is 0 Å². The topological polar surface area (TPSA) is 20.2 Å². The number of phenolic OH excluding ortho intramolecular Hbond substituents is 1. The van der Waals surface area contributed by atoms with Crippen LogP contribution in [0.15, 0.2) is 34.3 Å². The predicted molar refractivity (Wildman–Crippen MR) is 58.9 cm³/mol.